The maximum atomic E-state index is 13.0. The van der Waals surface area contributed by atoms with Gasteiger partial charge < -0.3 is 4.90 Å². The number of nitrogens with zero attached hydrogens (tertiary/aromatic N) is 1. The number of carbonyl (C=O) groups excluding carboxylic acids is 1. The van der Waals surface area contributed by atoms with Crippen LogP contribution in [0.3, 0.4) is 0 Å². The van der Waals surface area contributed by atoms with E-state index in [1.54, 1.807) is 4.90 Å². The third-order valence-corrected chi connectivity index (χ3v) is 3.33. The van der Waals surface area contributed by atoms with Crippen molar-refractivity contribution in [1.29, 1.82) is 0 Å². The molecule has 0 saturated carbocycles. The lowest BCUT2D eigenvalue weighted by atomic mass is 10.1. The molecule has 17 heavy (non-hydrogen) atoms. The molecule has 0 aromatic rings. The first-order chi connectivity index (χ1) is 7.58. The fraction of sp³-hybridized carbons (Fsp3) is 0.909. The Morgan fingerprint density at radius 1 is 1.18 bits per heavy atom. The van der Waals surface area contributed by atoms with Gasteiger partial charge >= 0.3 is 0 Å². The van der Waals surface area contributed by atoms with E-state index >= 15 is 0 Å². The summed E-state index contributed by atoms with van der Waals surface area (Å²) in [5.41, 5.74) is 0. The van der Waals surface area contributed by atoms with E-state index in [0.29, 0.717) is 0 Å². The number of amides is 1. The highest BCUT2D eigenvalue weighted by Crippen LogP contribution is 2.26. The second kappa shape index (κ2) is 5.96. The van der Waals surface area contributed by atoms with Crippen molar-refractivity contribution >= 4 is 18.3 Å². The summed E-state index contributed by atoms with van der Waals surface area (Å²) in [5.74, 6) is -2.86. The number of hydrogen-bond donors (Lipinski definition) is 1. The molecule has 0 radical (unpaired) electrons. The van der Waals surface area contributed by atoms with E-state index in [9.17, 15) is 13.6 Å². The highest BCUT2D eigenvalue weighted by molar-refractivity contribution is 5.85. The Morgan fingerprint density at radius 2 is 1.76 bits per heavy atom. The molecule has 6 heteroatoms. The molecule has 1 atom stereocenters. The van der Waals surface area contributed by atoms with Crippen molar-refractivity contribution in [2.75, 3.05) is 19.6 Å². The van der Waals surface area contributed by atoms with E-state index in [0.717, 1.165) is 38.8 Å². The average molecular weight is 269 g/mol. The largest absolute Gasteiger partial charge is 0.341 e. The minimum atomic E-state index is -2.72. The van der Waals surface area contributed by atoms with E-state index < -0.39 is 12.0 Å². The number of halogens is 3. The molecule has 2 heterocycles. The summed E-state index contributed by atoms with van der Waals surface area (Å²) in [6, 6.07) is -0.673. The number of hydrogen-bond acceptors (Lipinski definition) is 2. The maximum Gasteiger partial charge on any atom is 0.262 e. The summed E-state index contributed by atoms with van der Waals surface area (Å²) < 4.78 is 25.9. The lowest BCUT2D eigenvalue weighted by molar-refractivity contribution is -0.133. The van der Waals surface area contributed by atoms with E-state index in [1.165, 1.54) is 0 Å². The third-order valence-electron chi connectivity index (χ3n) is 3.33. The fourth-order valence-corrected chi connectivity index (χ4v) is 2.40. The van der Waals surface area contributed by atoms with Crippen LogP contribution >= 0.6 is 12.4 Å². The minimum Gasteiger partial charge on any atom is -0.341 e. The zero-order chi connectivity index (χ0) is 11.6. The molecule has 2 aliphatic heterocycles. The molecule has 100 valence electrons. The lowest BCUT2D eigenvalue weighted by Gasteiger charge is -2.23. The molecule has 0 spiro atoms. The van der Waals surface area contributed by atoms with Gasteiger partial charge in [-0.1, -0.05) is 12.8 Å². The zero-order valence-electron chi connectivity index (χ0n) is 9.75. The SMILES string of the molecule is Cl.O=C(C1CC(F)(F)CN1)N1CCCCCC1. The van der Waals surface area contributed by atoms with Gasteiger partial charge in [0.05, 0.1) is 12.6 Å². The van der Waals surface area contributed by atoms with E-state index in [2.05, 4.69) is 5.32 Å². The van der Waals surface area contributed by atoms with Gasteiger partial charge in [-0.2, -0.15) is 0 Å². The first-order valence-electron chi connectivity index (χ1n) is 5.98. The van der Waals surface area contributed by atoms with E-state index in [1.807, 2.05) is 0 Å². The number of alkyl halides is 2. The molecule has 1 amide bonds. The van der Waals surface area contributed by atoms with Gasteiger partial charge in [-0.15, -0.1) is 12.4 Å². The van der Waals surface area contributed by atoms with Crippen LogP contribution in [0.4, 0.5) is 8.78 Å². The topological polar surface area (TPSA) is 32.3 Å². The Kier molecular flexibility index (Phi) is 5.13. The summed E-state index contributed by atoms with van der Waals surface area (Å²) in [6.45, 7) is 1.09. The molecule has 0 aromatic carbocycles. The van der Waals surface area contributed by atoms with Gasteiger partial charge in [0.15, 0.2) is 0 Å². The molecule has 0 aliphatic carbocycles. The predicted molar refractivity (Wildman–Crippen MR) is 63.7 cm³/mol. The lowest BCUT2D eigenvalue weighted by Crippen LogP contribution is -2.44. The number of nitrogens with one attached hydrogen (secondary N) is 1. The van der Waals surface area contributed by atoms with Crippen molar-refractivity contribution in [2.24, 2.45) is 0 Å². The van der Waals surface area contributed by atoms with Crippen LogP contribution in [0.2, 0.25) is 0 Å². The molecule has 1 unspecified atom stereocenters. The highest BCUT2D eigenvalue weighted by atomic mass is 35.5. The summed E-state index contributed by atoms with van der Waals surface area (Å²) in [4.78, 5) is 13.7. The molecule has 1 N–H and O–H groups in total. The first-order valence-corrected chi connectivity index (χ1v) is 5.98. The monoisotopic (exact) mass is 268 g/mol. The molecule has 0 bridgehead atoms. The van der Waals surface area contributed by atoms with Gasteiger partial charge in [0.1, 0.15) is 0 Å². The standard InChI is InChI=1S/C11H18F2N2O.ClH/c12-11(13)7-9(14-8-11)10(16)15-5-3-1-2-4-6-15;/h9,14H,1-8H2;1H. The van der Waals surface area contributed by atoms with Crippen molar-refractivity contribution in [2.45, 2.75) is 44.1 Å². The Morgan fingerprint density at radius 3 is 2.24 bits per heavy atom. The smallest absolute Gasteiger partial charge is 0.262 e. The van der Waals surface area contributed by atoms with E-state index in [4.69, 9.17) is 0 Å². The predicted octanol–water partition coefficient (Wildman–Crippen LogP) is 1.81. The number of rotatable bonds is 1. The number of carbonyl (C=O) groups is 1. The summed E-state index contributed by atoms with van der Waals surface area (Å²) in [6.07, 6.45) is 3.92. The van der Waals surface area contributed by atoms with Crippen LogP contribution in [0.25, 0.3) is 0 Å². The number of likely N-dealkylation sites (tertiary alicyclic amines) is 1. The second-order valence-electron chi connectivity index (χ2n) is 4.73. The summed E-state index contributed by atoms with van der Waals surface area (Å²) in [7, 11) is 0. The van der Waals surface area contributed by atoms with Gasteiger partial charge in [-0.25, -0.2) is 8.78 Å². The molecular formula is C11H19ClF2N2O. The molecule has 3 nitrogen and oxygen atoms in total. The molecular weight excluding hydrogens is 250 g/mol. The summed E-state index contributed by atoms with van der Waals surface area (Å²) >= 11 is 0. The maximum absolute atomic E-state index is 13.0. The van der Waals surface area contributed by atoms with Gasteiger partial charge in [0.2, 0.25) is 5.91 Å². The minimum absolute atomic E-state index is 0. The normalized spacial score (nSPS) is 28.4. The molecule has 2 saturated heterocycles. The Hall–Kier alpha value is -0.420. The molecule has 2 fully saturated rings. The van der Waals surface area contributed by atoms with Crippen molar-refractivity contribution in [3.05, 3.63) is 0 Å². The van der Waals surface area contributed by atoms with Gasteiger partial charge in [0.25, 0.3) is 5.92 Å². The summed E-state index contributed by atoms with van der Waals surface area (Å²) in [5, 5.41) is 2.62. The van der Waals surface area contributed by atoms with Gasteiger partial charge in [-0.3, -0.25) is 10.1 Å². The fourth-order valence-electron chi connectivity index (χ4n) is 2.40. The Labute approximate surface area is 106 Å². The van der Waals surface area contributed by atoms with Crippen molar-refractivity contribution in [3.8, 4) is 0 Å². The van der Waals surface area contributed by atoms with Crippen LogP contribution in [-0.2, 0) is 4.79 Å². The van der Waals surface area contributed by atoms with Gasteiger partial charge in [-0.05, 0) is 12.8 Å². The molecule has 2 rings (SSSR count). The molecule has 2 aliphatic rings. The van der Waals surface area contributed by atoms with Gasteiger partial charge in [0, 0.05) is 19.5 Å². The van der Waals surface area contributed by atoms with Crippen LogP contribution in [-0.4, -0.2) is 42.4 Å². The van der Waals surface area contributed by atoms with Crippen LogP contribution in [0.15, 0.2) is 0 Å². The van der Waals surface area contributed by atoms with Crippen LogP contribution in [0.5, 0.6) is 0 Å². The van der Waals surface area contributed by atoms with E-state index in [-0.39, 0.29) is 31.3 Å². The van der Waals surface area contributed by atoms with Crippen molar-refractivity contribution < 1.29 is 13.6 Å². The molecule has 0 aromatic heterocycles. The Balaban J connectivity index is 0.00000144. The second-order valence-corrected chi connectivity index (χ2v) is 4.73. The Bertz CT molecular complexity index is 261. The van der Waals surface area contributed by atoms with Crippen molar-refractivity contribution in [1.82, 2.24) is 10.2 Å². The quantitative estimate of drug-likeness (QED) is 0.787. The third kappa shape index (κ3) is 3.78. The zero-order valence-corrected chi connectivity index (χ0v) is 10.6. The average Bonchev–Trinajstić information content (AvgIpc) is 2.48. The van der Waals surface area contributed by atoms with Crippen LogP contribution < -0.4 is 5.32 Å². The highest BCUT2D eigenvalue weighted by Gasteiger charge is 2.43. The van der Waals surface area contributed by atoms with Crippen LogP contribution in [0.1, 0.15) is 32.1 Å². The van der Waals surface area contributed by atoms with Crippen LogP contribution in [0, 0.1) is 0 Å². The van der Waals surface area contributed by atoms with Crippen molar-refractivity contribution in [3.63, 3.8) is 0 Å². The first kappa shape index (κ1) is 14.6.